The Kier molecular flexibility index (Phi) is 42.2. The lowest BCUT2D eigenvalue weighted by Crippen LogP contribution is -2.37. The summed E-state index contributed by atoms with van der Waals surface area (Å²) < 4.78 is 287. The van der Waals surface area contributed by atoms with Gasteiger partial charge in [0.1, 0.15) is 20.2 Å². The summed E-state index contributed by atoms with van der Waals surface area (Å²) in [5.41, 5.74) is 3.57. The van der Waals surface area contributed by atoms with Crippen LogP contribution in [-0.2, 0) is 127 Å². The number of unbranched alkanes of at least 4 members (excludes halogenated alkanes) is 6. The number of hydrogen-bond acceptors (Lipinski definition) is 25. The smallest absolute Gasteiger partial charge is 0.333 e. The lowest BCUT2D eigenvalue weighted by atomic mass is 9.75. The number of anilines is 2. The molecule has 5 heterocycles. The molecule has 4 aromatic carbocycles. The van der Waals surface area contributed by atoms with Crippen LogP contribution in [0.3, 0.4) is 0 Å². The first-order chi connectivity index (χ1) is 63.5. The number of halogens is 6. The Morgan fingerprint density at radius 3 is 1.10 bits per heavy atom. The molecular formula is C88H109I6N5O30S8. The Bertz CT molecular complexity index is 6610. The maximum absolute atomic E-state index is 13.0. The van der Waals surface area contributed by atoms with Gasteiger partial charge in [0.25, 0.3) is 63.0 Å². The second-order valence-corrected chi connectivity index (χ2v) is 53.2. The number of hydrogen-bond donors (Lipinski definition) is 7. The number of carbonyl (C=O) groups is 4. The molecule has 137 heavy (non-hydrogen) atoms. The normalized spacial score (nSPS) is 20.7. The van der Waals surface area contributed by atoms with Gasteiger partial charge in [0, 0.05) is 153 Å². The number of fused-ring (bicyclic) bond motifs is 4. The molecular weight excluding hydrogens is 2620 g/mol. The first-order valence-electron chi connectivity index (χ1n) is 43.4. The maximum atomic E-state index is 13.0. The average molecular weight is 2730 g/mol. The molecule has 2 amide bonds. The number of amides is 2. The van der Waals surface area contributed by atoms with E-state index >= 15 is 0 Å². The van der Waals surface area contributed by atoms with Crippen LogP contribution in [0.25, 0.3) is 0 Å². The van der Waals surface area contributed by atoms with Crippen molar-refractivity contribution in [2.24, 2.45) is 0 Å². The molecule has 0 aliphatic carbocycles. The highest BCUT2D eigenvalue weighted by Gasteiger charge is 2.55. The highest BCUT2D eigenvalue weighted by molar-refractivity contribution is 14.1. The number of imide groups is 1. The Labute approximate surface area is 883 Å². The van der Waals surface area contributed by atoms with Crippen LogP contribution >= 0.6 is 136 Å². The van der Waals surface area contributed by atoms with Gasteiger partial charge in [-0.25, -0.2) is 21.6 Å². The molecule has 0 bridgehead atoms. The topological polar surface area (TPSA) is 554 Å². The highest BCUT2D eigenvalue weighted by atomic mass is 127. The van der Waals surface area contributed by atoms with E-state index in [0.29, 0.717) is 74.3 Å². The molecule has 0 aromatic heterocycles. The van der Waals surface area contributed by atoms with Crippen molar-refractivity contribution in [1.82, 2.24) is 5.06 Å². The van der Waals surface area contributed by atoms with Crippen molar-refractivity contribution in [3.8, 4) is 0 Å². The van der Waals surface area contributed by atoms with Crippen molar-refractivity contribution >= 4 is 274 Å². The Hall–Kier alpha value is -4.52. The van der Waals surface area contributed by atoms with Crippen molar-refractivity contribution in [1.29, 1.82) is 0 Å². The Morgan fingerprint density at radius 2 is 0.766 bits per heavy atom. The van der Waals surface area contributed by atoms with Crippen molar-refractivity contribution in [2.45, 2.75) is 238 Å². The van der Waals surface area contributed by atoms with E-state index in [2.05, 4.69) is 160 Å². The van der Waals surface area contributed by atoms with E-state index in [4.69, 9.17) is 4.84 Å². The summed E-state index contributed by atoms with van der Waals surface area (Å²) in [4.78, 5) is 55.6. The van der Waals surface area contributed by atoms with E-state index in [0.717, 1.165) is 79.9 Å². The van der Waals surface area contributed by atoms with Crippen molar-refractivity contribution in [3.05, 3.63) is 189 Å². The second kappa shape index (κ2) is 49.1. The van der Waals surface area contributed by atoms with E-state index in [-0.39, 0.29) is 125 Å². The minimum absolute atomic E-state index is 0.000402. The molecule has 49 heteroatoms. The van der Waals surface area contributed by atoms with Gasteiger partial charge in [-0.05, 0) is 289 Å². The molecule has 1 saturated heterocycles. The number of nitrogens with zero attached hydrogens (tertiary/aromatic N) is 5. The third kappa shape index (κ3) is 31.0. The molecule has 5 aliphatic heterocycles. The SMILES string of the molecule is CCCC([N+]1=C(C=CC=CC=CC=C2N(CCCS(=O)(=O)O)c3cc(I)c(I)c(I)c3C2(C)CCCCCC(=O)O)C(C)(CCCCS(=O)(=O)O)c2cc(S(=O)(=O)[O-])ccc21)S(=O)(=O)O.CCCC([N+]1=C(C=CC=CC=CC=C2N(CCCS(=O)(=O)O)c3cc(I)c(I)c(I)c3C2(C)CCCCCC(=O)ON2C(=O)CCC2=O)C(C)(CCCCS(=O)(=O)O)c2cc(S(=O)(=O)[O-])ccc21)S(=O)(=O)O. The number of benzene rings is 4. The van der Waals surface area contributed by atoms with E-state index in [1.54, 1.807) is 94.5 Å². The van der Waals surface area contributed by atoms with Gasteiger partial charge in [0.05, 0.1) is 43.6 Å². The summed E-state index contributed by atoms with van der Waals surface area (Å²) in [7, 11) is -36.6. The number of carbonyl (C=O) groups excluding carboxylic acids is 3. The summed E-state index contributed by atoms with van der Waals surface area (Å²) >= 11 is 13.8. The Morgan fingerprint density at radius 1 is 0.438 bits per heavy atom. The number of hydroxylamine groups is 2. The van der Waals surface area contributed by atoms with Crippen molar-refractivity contribution in [3.63, 3.8) is 0 Å². The molecule has 0 spiro atoms. The summed E-state index contributed by atoms with van der Waals surface area (Å²) in [6, 6.07) is 11.2. The maximum Gasteiger partial charge on any atom is 0.333 e. The van der Waals surface area contributed by atoms with E-state index in [9.17, 15) is 128 Å². The second-order valence-electron chi connectivity index (χ2n) is 34.4. The van der Waals surface area contributed by atoms with Crippen LogP contribution in [0.1, 0.15) is 218 Å². The molecule has 6 unspecified atom stereocenters. The summed E-state index contributed by atoms with van der Waals surface area (Å²) in [5.74, 6) is -4.69. The van der Waals surface area contributed by atoms with Crippen LogP contribution < -0.4 is 9.80 Å². The molecule has 0 saturated carbocycles. The quantitative estimate of drug-likeness (QED) is 0.00411. The van der Waals surface area contributed by atoms with Gasteiger partial charge in [-0.2, -0.15) is 59.7 Å². The van der Waals surface area contributed by atoms with E-state index in [1.807, 2.05) is 29.2 Å². The van der Waals surface area contributed by atoms with Crippen LogP contribution in [0.15, 0.2) is 155 Å². The zero-order chi connectivity index (χ0) is 102. The zero-order valence-corrected chi connectivity index (χ0v) is 94.8. The van der Waals surface area contributed by atoms with Gasteiger partial charge >= 0.3 is 32.2 Å². The van der Waals surface area contributed by atoms with Gasteiger partial charge < -0.3 is 28.8 Å². The minimum Gasteiger partial charge on any atom is -0.744 e. The Balaban J connectivity index is 0.000000338. The van der Waals surface area contributed by atoms with Gasteiger partial charge in [-0.15, -0.1) is 5.06 Å². The molecule has 4 aromatic rings. The van der Waals surface area contributed by atoms with Crippen LogP contribution in [0.4, 0.5) is 22.7 Å². The number of aliphatic carboxylic acids is 1. The number of carboxylic acids is 1. The number of carboxylic acid groups (broad SMARTS) is 1. The largest absolute Gasteiger partial charge is 0.744 e. The number of rotatable bonds is 49. The fourth-order valence-corrected chi connectivity index (χ4v) is 28.5. The third-order valence-electron chi connectivity index (χ3n) is 24.3. The number of allylic oxidation sites excluding steroid dienone is 16. The van der Waals surface area contributed by atoms with Crippen LogP contribution in [0, 0.1) is 21.4 Å². The molecule has 1 fully saturated rings. The van der Waals surface area contributed by atoms with Gasteiger partial charge in [-0.1, -0.05) is 113 Å². The highest BCUT2D eigenvalue weighted by Crippen LogP contribution is 2.57. The summed E-state index contributed by atoms with van der Waals surface area (Å²) in [5, 5.41) is 6.69. The average Bonchev–Trinajstić information content (AvgIpc) is 1.58. The van der Waals surface area contributed by atoms with Crippen LogP contribution in [0.5, 0.6) is 0 Å². The monoisotopic (exact) mass is 2730 g/mol. The van der Waals surface area contributed by atoms with Crippen LogP contribution in [-0.4, -0.2) is 205 Å². The lowest BCUT2D eigenvalue weighted by molar-refractivity contribution is -0.458. The molecule has 756 valence electrons. The molecule has 5 aliphatic rings. The molecule has 0 radical (unpaired) electrons. The molecule has 9 rings (SSSR count). The minimum atomic E-state index is -4.98. The molecule has 6 atom stereocenters. The fraction of sp³-hybridized carbons (Fsp3) is 0.477. The van der Waals surface area contributed by atoms with Crippen molar-refractivity contribution < 1.29 is 142 Å². The van der Waals surface area contributed by atoms with Gasteiger partial charge in [0.2, 0.25) is 11.4 Å². The lowest BCUT2D eigenvalue weighted by Gasteiger charge is -2.31. The first-order valence-corrected chi connectivity index (χ1v) is 62.2. The van der Waals surface area contributed by atoms with E-state index in [1.165, 1.54) is 27.4 Å². The third-order valence-corrected chi connectivity index (χ3v) is 41.7. The van der Waals surface area contributed by atoms with E-state index < -0.39 is 170 Å². The predicted molar refractivity (Wildman–Crippen MR) is 567 cm³/mol. The first kappa shape index (κ1) is 118. The molecule has 35 nitrogen and oxygen atoms in total. The standard InChI is InChI=1S/C46H56I3N3O16S4.C42H53I3N2O14S4/c1-4-16-40(72(65,66)67)51-34-21-20-31(71(62,63)64)29-32(34)45(2,24-13-14-27-69(56,57)58)37(51)18-10-7-5-6-9-17-36-46(3,25-12-8-11-19-41(55)68-52-38(53)22-23-39(52)54)42-35(30-33(47)43(48)44(42)49)50(36)26-15-28-70(59,60)61;1-4-16-36(65(59,60)61)47-32-21-20-29(64(56,57)58)27-30(32)41(2,22-13-14-25-62(50,51)52)35(47)18-10-7-5-6-9-17-34-42(3,23-12-8-11-19-37(48)49)38-33(28-31(43)39(44)40(38)45)46(34)24-15-26-63(53,54)55/h5-7,9-10,17-18,20-21,29-30,40H,4,8,11-16,19,22-28H2,1-3H3,(H3-,56,57,58,59,60,61,62,63,64,65,66,67);5-7,9-10,17-18,20-21,27-28,36H,4,8,11-16,19,22-26H2,1-3H3,(H4-,48,49,50,51,52,53,54,55,56,57,58,59,60,61). The zero-order valence-electron chi connectivity index (χ0n) is 75.4. The van der Waals surface area contributed by atoms with Crippen LogP contribution in [0.2, 0.25) is 0 Å². The predicted octanol–water partition coefficient (Wildman–Crippen LogP) is 16.5. The fourth-order valence-electron chi connectivity index (χ4n) is 18.0. The van der Waals surface area contributed by atoms with Gasteiger partial charge in [-0.3, -0.25) is 41.7 Å². The summed E-state index contributed by atoms with van der Waals surface area (Å²) in [6.07, 6.45) is 30.4. The van der Waals surface area contributed by atoms with Crippen molar-refractivity contribution in [2.75, 3.05) is 45.9 Å². The van der Waals surface area contributed by atoms with Gasteiger partial charge in [0.15, 0.2) is 11.4 Å². The molecule has 7 N–H and O–H groups in total. The summed E-state index contributed by atoms with van der Waals surface area (Å²) in [6.45, 7) is 11.6.